The fourth-order valence-corrected chi connectivity index (χ4v) is 4.91. The van der Waals surface area contributed by atoms with E-state index in [4.69, 9.17) is 11.2 Å². The molecule has 0 aliphatic carbocycles. The monoisotopic (exact) mass is 444 g/mol. The largest absolute Gasteiger partial charge is 0.490 e. The zero-order valence-electron chi connectivity index (χ0n) is 19.3. The molecule has 1 aliphatic heterocycles. The van der Waals surface area contributed by atoms with E-state index in [1.165, 1.54) is 16.7 Å². The highest BCUT2D eigenvalue weighted by Crippen LogP contribution is 2.38. The van der Waals surface area contributed by atoms with Crippen LogP contribution in [0.25, 0.3) is 0 Å². The Morgan fingerprint density at radius 1 is 0.824 bits per heavy atom. The minimum atomic E-state index is -0.543. The Bertz CT molecular complexity index is 1180. The van der Waals surface area contributed by atoms with E-state index in [0.29, 0.717) is 6.61 Å². The van der Waals surface area contributed by atoms with Gasteiger partial charge in [-0.15, -0.1) is 6.42 Å². The highest BCUT2D eigenvalue weighted by molar-refractivity contribution is 5.62. The van der Waals surface area contributed by atoms with Crippen LogP contribution in [0.5, 0.6) is 5.75 Å². The van der Waals surface area contributed by atoms with Crippen molar-refractivity contribution in [3.63, 3.8) is 0 Å². The van der Waals surface area contributed by atoms with Gasteiger partial charge in [0.15, 0.2) is 0 Å². The van der Waals surface area contributed by atoms with Crippen LogP contribution < -0.4 is 15.0 Å². The van der Waals surface area contributed by atoms with Gasteiger partial charge >= 0.3 is 0 Å². The van der Waals surface area contributed by atoms with Gasteiger partial charge in [-0.05, 0) is 34.9 Å². The van der Waals surface area contributed by atoms with Crippen molar-refractivity contribution in [1.29, 1.82) is 0 Å². The maximum absolute atomic E-state index is 6.31. The molecule has 4 aromatic carbocycles. The van der Waals surface area contributed by atoms with Crippen molar-refractivity contribution < 1.29 is 4.74 Å². The number of terminal acetylenes is 1. The minimum Gasteiger partial charge on any atom is -0.490 e. The molecule has 0 fully saturated rings. The first kappa shape index (κ1) is 21.8. The number of ether oxygens (including phenoxy) is 1. The fraction of sp³-hybridized carbons (Fsp3) is 0.161. The second kappa shape index (κ2) is 9.47. The van der Waals surface area contributed by atoms with Crippen LogP contribution in [0.2, 0.25) is 0 Å². The standard InChI is InChI=1S/C31H28N2O/c1-3-24-19-20-30-29(21-24)33(2)22-28(23-34-30)32-31(25-13-7-4-8-14-25,26-15-9-5-10-16-26)27-17-11-6-12-18-27/h1,4-21,28,32H,22-23H2,2H3/t28-/m0/s1. The molecule has 3 heteroatoms. The average molecular weight is 445 g/mol. The van der Waals surface area contributed by atoms with Crippen LogP contribution in [0.3, 0.4) is 0 Å². The third-order valence-corrected chi connectivity index (χ3v) is 6.51. The normalized spacial score (nSPS) is 15.5. The van der Waals surface area contributed by atoms with Crippen molar-refractivity contribution in [3.8, 4) is 18.1 Å². The third kappa shape index (κ3) is 4.05. The summed E-state index contributed by atoms with van der Waals surface area (Å²) >= 11 is 0. The zero-order chi connectivity index (χ0) is 23.4. The van der Waals surface area contributed by atoms with E-state index in [1.54, 1.807) is 0 Å². The van der Waals surface area contributed by atoms with Gasteiger partial charge in [0.1, 0.15) is 12.4 Å². The summed E-state index contributed by atoms with van der Waals surface area (Å²) in [5, 5.41) is 4.05. The first-order valence-electron chi connectivity index (χ1n) is 11.6. The molecule has 168 valence electrons. The number of nitrogens with one attached hydrogen (secondary N) is 1. The van der Waals surface area contributed by atoms with Crippen LogP contribution in [0, 0.1) is 12.3 Å². The molecular formula is C31H28N2O. The molecule has 0 aromatic heterocycles. The molecule has 1 atom stereocenters. The quantitative estimate of drug-likeness (QED) is 0.327. The highest BCUT2D eigenvalue weighted by Gasteiger charge is 2.39. The second-order valence-corrected chi connectivity index (χ2v) is 8.71. The molecule has 0 amide bonds. The van der Waals surface area contributed by atoms with Gasteiger partial charge in [-0.25, -0.2) is 0 Å². The van der Waals surface area contributed by atoms with Crippen molar-refractivity contribution in [2.75, 3.05) is 25.1 Å². The molecule has 0 saturated heterocycles. The topological polar surface area (TPSA) is 24.5 Å². The third-order valence-electron chi connectivity index (χ3n) is 6.51. The van der Waals surface area contributed by atoms with Crippen molar-refractivity contribution in [2.24, 2.45) is 0 Å². The average Bonchev–Trinajstić information content (AvgIpc) is 3.06. The van der Waals surface area contributed by atoms with Crippen molar-refractivity contribution in [3.05, 3.63) is 131 Å². The van der Waals surface area contributed by atoms with E-state index >= 15 is 0 Å². The molecule has 0 radical (unpaired) electrons. The molecule has 0 saturated carbocycles. The Labute approximate surface area is 202 Å². The van der Waals surface area contributed by atoms with Gasteiger partial charge in [0, 0.05) is 19.2 Å². The van der Waals surface area contributed by atoms with Crippen molar-refractivity contribution in [2.45, 2.75) is 11.6 Å². The molecule has 0 unspecified atom stereocenters. The number of hydrogen-bond donors (Lipinski definition) is 1. The first-order chi connectivity index (χ1) is 16.7. The van der Waals surface area contributed by atoms with Crippen LogP contribution in [0.1, 0.15) is 22.3 Å². The summed E-state index contributed by atoms with van der Waals surface area (Å²) in [5.74, 6) is 3.59. The Morgan fingerprint density at radius 2 is 1.35 bits per heavy atom. The molecular weight excluding hydrogens is 416 g/mol. The van der Waals surface area contributed by atoms with Gasteiger partial charge in [0.2, 0.25) is 0 Å². The SMILES string of the molecule is C#Cc1ccc2c(c1)N(C)C[C@H](NC(c1ccccc1)(c1ccccc1)c1ccccc1)CO2. The lowest BCUT2D eigenvalue weighted by Crippen LogP contribution is -2.54. The van der Waals surface area contributed by atoms with Gasteiger partial charge in [0.05, 0.1) is 17.3 Å². The van der Waals surface area contributed by atoms with Crippen LogP contribution in [-0.4, -0.2) is 26.2 Å². The summed E-state index contributed by atoms with van der Waals surface area (Å²) in [6, 6.07) is 38.0. The van der Waals surface area contributed by atoms with Gasteiger partial charge in [-0.1, -0.05) is 96.9 Å². The number of benzene rings is 4. The lowest BCUT2D eigenvalue weighted by atomic mass is 9.76. The molecule has 0 spiro atoms. The molecule has 1 aliphatic rings. The lowest BCUT2D eigenvalue weighted by molar-refractivity contribution is 0.252. The van der Waals surface area contributed by atoms with E-state index in [9.17, 15) is 0 Å². The number of anilines is 1. The Hall–Kier alpha value is -4.00. The van der Waals surface area contributed by atoms with Gasteiger partial charge in [-0.2, -0.15) is 0 Å². The predicted octanol–water partition coefficient (Wildman–Crippen LogP) is 5.45. The Morgan fingerprint density at radius 3 is 1.85 bits per heavy atom. The number of nitrogens with zero attached hydrogens (tertiary/aromatic N) is 1. The van der Waals surface area contributed by atoms with E-state index in [-0.39, 0.29) is 6.04 Å². The van der Waals surface area contributed by atoms with E-state index in [2.05, 4.69) is 114 Å². The minimum absolute atomic E-state index is 0.0484. The first-order valence-corrected chi connectivity index (χ1v) is 11.6. The number of hydrogen-bond acceptors (Lipinski definition) is 3. The molecule has 0 bridgehead atoms. The van der Waals surface area contributed by atoms with Gasteiger partial charge in [0.25, 0.3) is 0 Å². The predicted molar refractivity (Wildman–Crippen MR) is 139 cm³/mol. The fourth-order valence-electron chi connectivity index (χ4n) is 4.91. The summed E-state index contributed by atoms with van der Waals surface area (Å²) in [6.07, 6.45) is 5.65. The summed E-state index contributed by atoms with van der Waals surface area (Å²) in [7, 11) is 2.09. The second-order valence-electron chi connectivity index (χ2n) is 8.71. The molecule has 1 N–H and O–H groups in total. The zero-order valence-corrected chi connectivity index (χ0v) is 19.3. The molecule has 1 heterocycles. The summed E-state index contributed by atoms with van der Waals surface area (Å²) in [6.45, 7) is 1.32. The summed E-state index contributed by atoms with van der Waals surface area (Å²) in [5.41, 5.74) is 4.89. The van der Waals surface area contributed by atoms with Gasteiger partial charge < -0.3 is 9.64 Å². The number of fused-ring (bicyclic) bond motifs is 1. The Balaban J connectivity index is 1.60. The molecule has 5 rings (SSSR count). The maximum atomic E-state index is 6.31. The lowest BCUT2D eigenvalue weighted by Gasteiger charge is -2.40. The number of rotatable bonds is 5. The van der Waals surface area contributed by atoms with Crippen LogP contribution >= 0.6 is 0 Å². The van der Waals surface area contributed by atoms with Crippen LogP contribution in [-0.2, 0) is 5.54 Å². The van der Waals surface area contributed by atoms with Crippen molar-refractivity contribution in [1.82, 2.24) is 5.32 Å². The van der Waals surface area contributed by atoms with E-state index in [1.807, 2.05) is 18.2 Å². The maximum Gasteiger partial charge on any atom is 0.142 e. The number of likely N-dealkylation sites (N-methyl/N-ethyl adjacent to an activating group) is 1. The molecule has 4 aromatic rings. The summed E-state index contributed by atoms with van der Waals surface area (Å²) < 4.78 is 6.31. The van der Waals surface area contributed by atoms with E-state index < -0.39 is 5.54 Å². The smallest absolute Gasteiger partial charge is 0.142 e. The van der Waals surface area contributed by atoms with E-state index in [0.717, 1.165) is 23.5 Å². The summed E-state index contributed by atoms with van der Waals surface area (Å²) in [4.78, 5) is 2.23. The van der Waals surface area contributed by atoms with Crippen LogP contribution in [0.15, 0.2) is 109 Å². The van der Waals surface area contributed by atoms with Gasteiger partial charge in [-0.3, -0.25) is 5.32 Å². The van der Waals surface area contributed by atoms with Crippen molar-refractivity contribution >= 4 is 5.69 Å². The molecule has 3 nitrogen and oxygen atoms in total. The Kier molecular flexibility index (Phi) is 6.08. The van der Waals surface area contributed by atoms with Crippen LogP contribution in [0.4, 0.5) is 5.69 Å². The highest BCUT2D eigenvalue weighted by atomic mass is 16.5. The molecule has 34 heavy (non-hydrogen) atoms.